The monoisotopic (exact) mass is 273 g/mol. The number of nitrogens with one attached hydrogen (secondary N) is 1. The molecule has 3 rings (SSSR count). The Morgan fingerprint density at radius 2 is 2.16 bits per heavy atom. The Bertz CT molecular complexity index is 661. The summed E-state index contributed by atoms with van der Waals surface area (Å²) in [5, 5.41) is 14.0. The number of rotatable bonds is 4. The van der Waals surface area contributed by atoms with Crippen LogP contribution in [0.5, 0.6) is 0 Å². The third-order valence-corrected chi connectivity index (χ3v) is 4.23. The first-order valence-electron chi connectivity index (χ1n) is 6.13. The number of H-pyrrole nitrogens is 1. The zero-order valence-electron chi connectivity index (χ0n) is 10.9. The van der Waals surface area contributed by atoms with Gasteiger partial charge in [-0.25, -0.2) is 4.98 Å². The molecule has 0 radical (unpaired) electrons. The molecule has 0 saturated heterocycles. The van der Waals surface area contributed by atoms with E-state index < -0.39 is 0 Å². The van der Waals surface area contributed by atoms with E-state index in [1.807, 2.05) is 17.6 Å². The third-order valence-electron chi connectivity index (χ3n) is 3.28. The second-order valence-corrected chi connectivity index (χ2v) is 5.53. The third kappa shape index (κ3) is 2.50. The molecule has 0 spiro atoms. The van der Waals surface area contributed by atoms with Crippen LogP contribution in [0.25, 0.3) is 11.0 Å². The van der Waals surface area contributed by atoms with Crippen LogP contribution in [0.15, 0.2) is 29.8 Å². The summed E-state index contributed by atoms with van der Waals surface area (Å²) in [7, 11) is 2.11. The Morgan fingerprint density at radius 1 is 1.32 bits per heavy atom. The molecule has 2 heterocycles. The fraction of sp³-hybridized carbons (Fsp3) is 0.308. The highest BCUT2D eigenvalue weighted by atomic mass is 32.1. The molecule has 0 saturated carbocycles. The van der Waals surface area contributed by atoms with Gasteiger partial charge in [0.25, 0.3) is 0 Å². The summed E-state index contributed by atoms with van der Waals surface area (Å²) in [6.07, 6.45) is 1.85. The highest BCUT2D eigenvalue weighted by Crippen LogP contribution is 2.23. The maximum atomic E-state index is 4.37. The Morgan fingerprint density at radius 3 is 2.95 bits per heavy atom. The van der Waals surface area contributed by atoms with Crippen LogP contribution in [0.3, 0.4) is 0 Å². The predicted octanol–water partition coefficient (Wildman–Crippen LogP) is 2.61. The van der Waals surface area contributed by atoms with Gasteiger partial charge in [-0.15, -0.1) is 11.3 Å². The first-order valence-corrected chi connectivity index (χ1v) is 7.01. The predicted molar refractivity (Wildman–Crippen MR) is 75.9 cm³/mol. The van der Waals surface area contributed by atoms with Crippen LogP contribution >= 0.6 is 11.3 Å². The van der Waals surface area contributed by atoms with Gasteiger partial charge in [0.1, 0.15) is 16.0 Å². The fourth-order valence-corrected chi connectivity index (χ4v) is 2.80. The number of aromatic nitrogens is 4. The second-order valence-electron chi connectivity index (χ2n) is 4.61. The van der Waals surface area contributed by atoms with Gasteiger partial charge in [0.2, 0.25) is 0 Å². The highest BCUT2D eigenvalue weighted by Gasteiger charge is 2.14. The molecular weight excluding hydrogens is 258 g/mol. The lowest BCUT2D eigenvalue weighted by atomic mass is 10.1. The molecule has 0 fully saturated rings. The van der Waals surface area contributed by atoms with Gasteiger partial charge in [0, 0.05) is 18.1 Å². The van der Waals surface area contributed by atoms with Gasteiger partial charge in [-0.3, -0.25) is 4.90 Å². The molecule has 98 valence electrons. The van der Waals surface area contributed by atoms with Crippen molar-refractivity contribution in [1.29, 1.82) is 0 Å². The lowest BCUT2D eigenvalue weighted by molar-refractivity contribution is 0.252. The number of hydrogen-bond donors (Lipinski definition) is 1. The zero-order valence-corrected chi connectivity index (χ0v) is 11.7. The van der Waals surface area contributed by atoms with Crippen LogP contribution in [0, 0.1) is 0 Å². The van der Waals surface area contributed by atoms with Gasteiger partial charge >= 0.3 is 0 Å². The molecule has 1 atom stereocenters. The van der Waals surface area contributed by atoms with Crippen LogP contribution in [0.4, 0.5) is 0 Å². The summed E-state index contributed by atoms with van der Waals surface area (Å²) >= 11 is 1.69. The van der Waals surface area contributed by atoms with Crippen molar-refractivity contribution in [2.45, 2.75) is 19.5 Å². The summed E-state index contributed by atoms with van der Waals surface area (Å²) in [5.74, 6) is 0. The minimum Gasteiger partial charge on any atom is -0.293 e. The molecule has 0 bridgehead atoms. The standard InChI is InChI=1S/C13H15N5S/c1-9(13-14-5-6-19-13)18(2)8-10-3-4-11-12(7-10)16-17-15-11/h3-7,9H,8H2,1-2H3,(H,15,16,17). The molecule has 19 heavy (non-hydrogen) atoms. The van der Waals surface area contributed by atoms with Crippen LogP contribution in [0.1, 0.15) is 23.5 Å². The van der Waals surface area contributed by atoms with Crippen LogP contribution < -0.4 is 0 Å². The van der Waals surface area contributed by atoms with Crippen molar-refractivity contribution in [3.63, 3.8) is 0 Å². The van der Waals surface area contributed by atoms with Crippen molar-refractivity contribution in [3.8, 4) is 0 Å². The van der Waals surface area contributed by atoms with E-state index >= 15 is 0 Å². The van der Waals surface area contributed by atoms with Gasteiger partial charge < -0.3 is 0 Å². The molecular formula is C13H15N5S. The molecule has 0 amide bonds. The zero-order chi connectivity index (χ0) is 13.2. The van der Waals surface area contributed by atoms with Crippen molar-refractivity contribution >= 4 is 22.4 Å². The summed E-state index contributed by atoms with van der Waals surface area (Å²) < 4.78 is 0. The van der Waals surface area contributed by atoms with Gasteiger partial charge in [-0.05, 0) is 31.7 Å². The number of benzene rings is 1. The molecule has 6 heteroatoms. The largest absolute Gasteiger partial charge is 0.293 e. The van der Waals surface area contributed by atoms with Crippen LogP contribution in [0.2, 0.25) is 0 Å². The van der Waals surface area contributed by atoms with Crippen LogP contribution in [-0.2, 0) is 6.54 Å². The summed E-state index contributed by atoms with van der Waals surface area (Å²) in [5.41, 5.74) is 3.04. The lowest BCUT2D eigenvalue weighted by Gasteiger charge is -2.22. The van der Waals surface area contributed by atoms with E-state index in [0.29, 0.717) is 6.04 Å². The van der Waals surface area contributed by atoms with E-state index in [1.165, 1.54) is 5.56 Å². The van der Waals surface area contributed by atoms with E-state index in [-0.39, 0.29) is 0 Å². The van der Waals surface area contributed by atoms with E-state index in [2.05, 4.69) is 51.4 Å². The molecule has 1 aromatic carbocycles. The van der Waals surface area contributed by atoms with Gasteiger partial charge in [0.15, 0.2) is 0 Å². The maximum absolute atomic E-state index is 4.37. The van der Waals surface area contributed by atoms with Crippen molar-refractivity contribution < 1.29 is 0 Å². The van der Waals surface area contributed by atoms with E-state index in [0.717, 1.165) is 22.6 Å². The smallest absolute Gasteiger partial charge is 0.113 e. The first kappa shape index (κ1) is 12.3. The van der Waals surface area contributed by atoms with Gasteiger partial charge in [-0.1, -0.05) is 6.07 Å². The minimum atomic E-state index is 0.313. The molecule has 1 N–H and O–H groups in total. The minimum absolute atomic E-state index is 0.313. The van der Waals surface area contributed by atoms with Crippen molar-refractivity contribution in [1.82, 2.24) is 25.3 Å². The Kier molecular flexibility index (Phi) is 3.27. The quantitative estimate of drug-likeness (QED) is 0.794. The number of thiazole rings is 1. The van der Waals surface area contributed by atoms with Crippen molar-refractivity contribution in [2.24, 2.45) is 0 Å². The van der Waals surface area contributed by atoms with Crippen molar-refractivity contribution in [2.75, 3.05) is 7.05 Å². The number of aromatic amines is 1. The van der Waals surface area contributed by atoms with E-state index in [9.17, 15) is 0 Å². The normalized spacial score (nSPS) is 13.2. The van der Waals surface area contributed by atoms with E-state index in [4.69, 9.17) is 0 Å². The SMILES string of the molecule is CC(c1nccs1)N(C)Cc1ccc2n[nH]nc2c1. The topological polar surface area (TPSA) is 57.7 Å². The first-order chi connectivity index (χ1) is 9.24. The molecule has 0 aliphatic rings. The fourth-order valence-electron chi connectivity index (χ4n) is 2.04. The highest BCUT2D eigenvalue weighted by molar-refractivity contribution is 7.09. The number of nitrogens with zero attached hydrogens (tertiary/aromatic N) is 4. The average Bonchev–Trinajstić information content (AvgIpc) is 3.08. The Hall–Kier alpha value is -1.79. The summed E-state index contributed by atoms with van der Waals surface area (Å²) in [6.45, 7) is 3.04. The number of fused-ring (bicyclic) bond motifs is 1. The Balaban J connectivity index is 1.76. The lowest BCUT2D eigenvalue weighted by Crippen LogP contribution is -2.21. The van der Waals surface area contributed by atoms with Crippen LogP contribution in [-0.4, -0.2) is 32.3 Å². The van der Waals surface area contributed by atoms with E-state index in [1.54, 1.807) is 11.3 Å². The van der Waals surface area contributed by atoms with Gasteiger partial charge in [0.05, 0.1) is 6.04 Å². The molecule has 0 aliphatic heterocycles. The molecule has 2 aromatic heterocycles. The maximum Gasteiger partial charge on any atom is 0.113 e. The molecule has 1 unspecified atom stereocenters. The average molecular weight is 273 g/mol. The second kappa shape index (κ2) is 5.07. The number of hydrogen-bond acceptors (Lipinski definition) is 5. The summed E-state index contributed by atoms with van der Waals surface area (Å²) in [4.78, 5) is 6.65. The summed E-state index contributed by atoms with van der Waals surface area (Å²) in [6, 6.07) is 6.48. The molecule has 5 nitrogen and oxygen atoms in total. The Labute approximate surface area is 115 Å². The molecule has 3 aromatic rings. The molecule has 0 aliphatic carbocycles. The van der Waals surface area contributed by atoms with Crippen molar-refractivity contribution in [3.05, 3.63) is 40.3 Å². The van der Waals surface area contributed by atoms with Gasteiger partial charge in [-0.2, -0.15) is 15.4 Å².